The van der Waals surface area contributed by atoms with Crippen LogP contribution in [-0.4, -0.2) is 18.6 Å². The number of allylic oxidation sites excluding steroid dienone is 1. The van der Waals surface area contributed by atoms with Crippen molar-refractivity contribution >= 4 is 0 Å². The molecule has 0 saturated carbocycles. The highest BCUT2D eigenvalue weighted by Crippen LogP contribution is 2.16. The molecule has 1 fully saturated rings. The molecule has 1 rings (SSSR count). The molecule has 0 aromatic rings. The van der Waals surface area contributed by atoms with Crippen LogP contribution in [0.15, 0.2) is 11.8 Å². The number of hydrogen-bond acceptors (Lipinski definition) is 4. The summed E-state index contributed by atoms with van der Waals surface area (Å²) in [7, 11) is 0. The number of nitrogens with one attached hydrogen (secondary N) is 2. The Labute approximate surface area is 103 Å². The van der Waals surface area contributed by atoms with Crippen LogP contribution in [0, 0.1) is 28.6 Å². The molecule has 0 amide bonds. The van der Waals surface area contributed by atoms with Gasteiger partial charge in [0.2, 0.25) is 0 Å². The molecular formula is C13H20N4. The van der Waals surface area contributed by atoms with E-state index in [-0.39, 0.29) is 5.92 Å². The summed E-state index contributed by atoms with van der Waals surface area (Å²) in [5, 5.41) is 24.4. The number of nitriles is 2. The summed E-state index contributed by atoms with van der Waals surface area (Å²) in [6.45, 7) is 5.13. The van der Waals surface area contributed by atoms with Crippen LogP contribution >= 0.6 is 0 Å². The zero-order chi connectivity index (χ0) is 12.7. The first-order valence-electron chi connectivity index (χ1n) is 6.15. The molecule has 4 heteroatoms. The minimum Gasteiger partial charge on any atom is -0.375 e. The van der Waals surface area contributed by atoms with Crippen LogP contribution in [0.3, 0.4) is 0 Å². The summed E-state index contributed by atoms with van der Waals surface area (Å²) in [4.78, 5) is 0. The van der Waals surface area contributed by atoms with Gasteiger partial charge in [-0.2, -0.15) is 10.5 Å². The molecule has 1 saturated heterocycles. The summed E-state index contributed by atoms with van der Waals surface area (Å²) < 4.78 is 0. The first kappa shape index (κ1) is 13.5. The Morgan fingerprint density at radius 2 is 2.24 bits per heavy atom. The fourth-order valence-corrected chi connectivity index (χ4v) is 1.55. The lowest BCUT2D eigenvalue weighted by atomic mass is 9.96. The van der Waals surface area contributed by atoms with Crippen molar-refractivity contribution in [2.45, 2.75) is 45.2 Å². The van der Waals surface area contributed by atoms with Gasteiger partial charge in [0.25, 0.3) is 0 Å². The van der Waals surface area contributed by atoms with Crippen molar-refractivity contribution < 1.29 is 0 Å². The van der Waals surface area contributed by atoms with Crippen molar-refractivity contribution in [1.82, 2.24) is 10.6 Å². The van der Waals surface area contributed by atoms with Crippen molar-refractivity contribution in [3.63, 3.8) is 0 Å². The SMILES string of the molecule is CC/C(C)=C\NC(C#N)C(C#N)CCC1CN1. The lowest BCUT2D eigenvalue weighted by molar-refractivity contribution is 0.487. The molecule has 1 heterocycles. The lowest BCUT2D eigenvalue weighted by Crippen LogP contribution is -2.31. The highest BCUT2D eigenvalue weighted by molar-refractivity contribution is 5.08. The summed E-state index contributed by atoms with van der Waals surface area (Å²) in [5.74, 6) is -0.233. The topological polar surface area (TPSA) is 81.5 Å². The van der Waals surface area contributed by atoms with Gasteiger partial charge >= 0.3 is 0 Å². The number of rotatable bonds is 7. The van der Waals surface area contributed by atoms with Crippen molar-refractivity contribution in [2.75, 3.05) is 6.54 Å². The Morgan fingerprint density at radius 1 is 1.53 bits per heavy atom. The largest absolute Gasteiger partial charge is 0.375 e. The molecule has 0 aromatic heterocycles. The summed E-state index contributed by atoms with van der Waals surface area (Å²) in [6, 6.07) is 4.58. The molecule has 0 bridgehead atoms. The molecule has 1 aliphatic rings. The fraction of sp³-hybridized carbons (Fsp3) is 0.692. The van der Waals surface area contributed by atoms with Gasteiger partial charge in [0.05, 0.1) is 18.1 Å². The van der Waals surface area contributed by atoms with E-state index in [0.29, 0.717) is 6.04 Å². The van der Waals surface area contributed by atoms with Gasteiger partial charge in [-0.3, -0.25) is 0 Å². The van der Waals surface area contributed by atoms with E-state index >= 15 is 0 Å². The normalized spacial score (nSPS) is 22.1. The van der Waals surface area contributed by atoms with Crippen LogP contribution in [0.4, 0.5) is 0 Å². The first-order chi connectivity index (χ1) is 8.21. The summed E-state index contributed by atoms with van der Waals surface area (Å²) >= 11 is 0. The van der Waals surface area contributed by atoms with Crippen LogP contribution in [0.25, 0.3) is 0 Å². The molecule has 3 atom stereocenters. The van der Waals surface area contributed by atoms with Crippen LogP contribution in [0.1, 0.15) is 33.1 Å². The number of hydrogen-bond donors (Lipinski definition) is 2. The maximum atomic E-state index is 9.10. The molecule has 17 heavy (non-hydrogen) atoms. The second kappa shape index (κ2) is 6.93. The predicted molar refractivity (Wildman–Crippen MR) is 66.7 cm³/mol. The Morgan fingerprint density at radius 3 is 2.71 bits per heavy atom. The molecule has 0 spiro atoms. The maximum Gasteiger partial charge on any atom is 0.130 e. The van der Waals surface area contributed by atoms with E-state index < -0.39 is 6.04 Å². The standard InChI is InChI=1S/C13H20N4/c1-3-10(2)8-17-13(7-15)11(6-14)4-5-12-9-16-12/h8,11-13,16-17H,3-5,9H2,1-2H3/b10-8-. The molecule has 2 N–H and O–H groups in total. The smallest absolute Gasteiger partial charge is 0.130 e. The van der Waals surface area contributed by atoms with Gasteiger partial charge in [-0.1, -0.05) is 12.5 Å². The van der Waals surface area contributed by atoms with E-state index in [9.17, 15) is 0 Å². The minimum atomic E-state index is -0.403. The Kier molecular flexibility index (Phi) is 5.52. The third kappa shape index (κ3) is 4.89. The van der Waals surface area contributed by atoms with E-state index in [1.54, 1.807) is 0 Å². The van der Waals surface area contributed by atoms with Gasteiger partial charge in [-0.25, -0.2) is 0 Å². The first-order valence-corrected chi connectivity index (χ1v) is 6.15. The van der Waals surface area contributed by atoms with Crippen LogP contribution in [0.2, 0.25) is 0 Å². The zero-order valence-electron chi connectivity index (χ0n) is 10.5. The van der Waals surface area contributed by atoms with E-state index in [4.69, 9.17) is 10.5 Å². The summed E-state index contributed by atoms with van der Waals surface area (Å²) in [5.41, 5.74) is 1.19. The maximum absolute atomic E-state index is 9.10. The monoisotopic (exact) mass is 232 g/mol. The van der Waals surface area contributed by atoms with Gasteiger partial charge in [-0.15, -0.1) is 0 Å². The van der Waals surface area contributed by atoms with Crippen LogP contribution in [0.5, 0.6) is 0 Å². The predicted octanol–water partition coefficient (Wildman–Crippen LogP) is 1.67. The molecule has 0 aromatic carbocycles. The Bertz CT molecular complexity index is 343. The molecule has 3 unspecified atom stereocenters. The highest BCUT2D eigenvalue weighted by atomic mass is 15.1. The Hall–Kier alpha value is -1.52. The fourth-order valence-electron chi connectivity index (χ4n) is 1.55. The average Bonchev–Trinajstić information content (AvgIpc) is 3.16. The second-order valence-electron chi connectivity index (χ2n) is 4.54. The second-order valence-corrected chi connectivity index (χ2v) is 4.54. The van der Waals surface area contributed by atoms with Gasteiger partial charge in [0.15, 0.2) is 0 Å². The van der Waals surface area contributed by atoms with Gasteiger partial charge in [-0.05, 0) is 32.4 Å². The molecule has 4 nitrogen and oxygen atoms in total. The average molecular weight is 232 g/mol. The van der Waals surface area contributed by atoms with Crippen molar-refractivity contribution in [1.29, 1.82) is 10.5 Å². The minimum absolute atomic E-state index is 0.233. The van der Waals surface area contributed by atoms with Crippen molar-refractivity contribution in [3.05, 3.63) is 11.8 Å². The van der Waals surface area contributed by atoms with Gasteiger partial charge in [0, 0.05) is 12.6 Å². The van der Waals surface area contributed by atoms with Crippen LogP contribution in [-0.2, 0) is 0 Å². The third-order valence-electron chi connectivity index (χ3n) is 3.09. The van der Waals surface area contributed by atoms with Gasteiger partial charge in [0.1, 0.15) is 6.04 Å². The van der Waals surface area contributed by atoms with E-state index in [2.05, 4.69) is 29.7 Å². The van der Waals surface area contributed by atoms with E-state index in [0.717, 1.165) is 25.8 Å². The zero-order valence-corrected chi connectivity index (χ0v) is 10.5. The molecule has 92 valence electrons. The van der Waals surface area contributed by atoms with Crippen molar-refractivity contribution in [3.8, 4) is 12.1 Å². The Balaban J connectivity index is 2.44. The molecule has 0 aliphatic carbocycles. The van der Waals surface area contributed by atoms with E-state index in [1.165, 1.54) is 5.57 Å². The van der Waals surface area contributed by atoms with Crippen LogP contribution < -0.4 is 10.6 Å². The highest BCUT2D eigenvalue weighted by Gasteiger charge is 2.25. The lowest BCUT2D eigenvalue weighted by Gasteiger charge is -2.15. The molecule has 1 aliphatic heterocycles. The number of nitrogens with zero attached hydrogens (tertiary/aromatic N) is 2. The van der Waals surface area contributed by atoms with Crippen molar-refractivity contribution in [2.24, 2.45) is 5.92 Å². The third-order valence-corrected chi connectivity index (χ3v) is 3.09. The summed E-state index contributed by atoms with van der Waals surface area (Å²) in [6.07, 6.45) is 4.56. The molecular weight excluding hydrogens is 212 g/mol. The van der Waals surface area contributed by atoms with E-state index in [1.807, 2.05) is 13.1 Å². The van der Waals surface area contributed by atoms with Gasteiger partial charge < -0.3 is 10.6 Å². The quantitative estimate of drug-likeness (QED) is 0.654. The molecule has 0 radical (unpaired) electrons.